The molecule has 1 amide bonds. The van der Waals surface area contributed by atoms with E-state index < -0.39 is 17.6 Å². The molecular formula is C28H43NO5. The number of allylic oxidation sites excluding steroid dienone is 1. The van der Waals surface area contributed by atoms with Crippen LogP contribution in [0.25, 0.3) is 0 Å². The highest BCUT2D eigenvalue weighted by Gasteiger charge is 2.47. The molecule has 6 nitrogen and oxygen atoms in total. The van der Waals surface area contributed by atoms with Crippen molar-refractivity contribution in [2.24, 2.45) is 11.7 Å². The van der Waals surface area contributed by atoms with E-state index in [-0.39, 0.29) is 36.0 Å². The summed E-state index contributed by atoms with van der Waals surface area (Å²) in [6.07, 6.45) is 7.72. The fourth-order valence-corrected chi connectivity index (χ4v) is 5.91. The minimum absolute atomic E-state index is 0.0810. The van der Waals surface area contributed by atoms with Crippen LogP contribution in [0.4, 0.5) is 0 Å². The van der Waals surface area contributed by atoms with E-state index in [2.05, 4.69) is 34.6 Å². The number of aromatic hydroxyl groups is 1. The zero-order valence-corrected chi connectivity index (χ0v) is 21.5. The van der Waals surface area contributed by atoms with Gasteiger partial charge < -0.3 is 25.8 Å². The first-order valence-electron chi connectivity index (χ1n) is 12.8. The van der Waals surface area contributed by atoms with Crippen molar-refractivity contribution in [3.63, 3.8) is 0 Å². The number of unbranched alkanes of at least 4 members (excludes halogenated alkanes) is 3. The predicted molar refractivity (Wildman–Crippen MR) is 134 cm³/mol. The molecule has 5 N–H and O–H groups in total. The minimum atomic E-state index is -0.970. The van der Waals surface area contributed by atoms with Crippen molar-refractivity contribution in [2.75, 3.05) is 6.61 Å². The summed E-state index contributed by atoms with van der Waals surface area (Å²) in [5.41, 5.74) is 7.79. The van der Waals surface area contributed by atoms with Crippen LogP contribution in [-0.4, -0.2) is 39.5 Å². The second-order valence-electron chi connectivity index (χ2n) is 11.4. The number of nitrogens with two attached hydrogens (primary N) is 1. The molecule has 1 aromatic rings. The normalized spacial score (nSPS) is 22.3. The minimum Gasteiger partial charge on any atom is -0.507 e. The molecular weight excluding hydrogens is 430 g/mol. The fraction of sp³-hybridized carbons (Fsp3) is 0.679. The molecule has 0 saturated carbocycles. The summed E-state index contributed by atoms with van der Waals surface area (Å²) in [5.74, 6) is 0.311. The van der Waals surface area contributed by atoms with Crippen molar-refractivity contribution in [1.82, 2.24) is 0 Å². The summed E-state index contributed by atoms with van der Waals surface area (Å²) in [6.45, 7) is 10.3. The van der Waals surface area contributed by atoms with Crippen LogP contribution in [0, 0.1) is 5.92 Å². The number of amides is 1. The summed E-state index contributed by atoms with van der Waals surface area (Å²) in [4.78, 5) is 12.0. The van der Waals surface area contributed by atoms with Gasteiger partial charge in [0.15, 0.2) is 0 Å². The van der Waals surface area contributed by atoms with E-state index in [1.165, 1.54) is 12.8 Å². The van der Waals surface area contributed by atoms with Crippen molar-refractivity contribution in [1.29, 1.82) is 0 Å². The molecule has 6 heteroatoms. The number of carbonyl (C=O) groups is 1. The molecule has 1 aliphatic heterocycles. The van der Waals surface area contributed by atoms with Crippen LogP contribution < -0.4 is 10.5 Å². The number of phenolic OH excluding ortho intramolecular Hbond substituents is 1. The molecule has 0 bridgehead atoms. The Morgan fingerprint density at radius 2 is 2.00 bits per heavy atom. The standard InChI is InChI=1S/C28H43NO5/c1-6-7-8-9-12-27(2,3)22-15-23-24(25(32)20(22)14-18(31)16-30)19-13-17(26(29)33)10-11-21(19)28(4,5)34-23/h10,15,18-19,21,30-32H,6-9,11-14,16H2,1-5H3,(H2,29,33)/t18-,19?,21?/m0/s1. The number of aliphatic hydroxyl groups is 2. The summed E-state index contributed by atoms with van der Waals surface area (Å²) in [6, 6.07) is 2.04. The van der Waals surface area contributed by atoms with E-state index >= 15 is 0 Å². The van der Waals surface area contributed by atoms with Gasteiger partial charge in [0.2, 0.25) is 5.91 Å². The van der Waals surface area contributed by atoms with Gasteiger partial charge in [0.1, 0.15) is 17.1 Å². The maximum absolute atomic E-state index is 12.0. The Kier molecular flexibility index (Phi) is 8.03. The summed E-state index contributed by atoms with van der Waals surface area (Å²) < 4.78 is 6.51. The average Bonchev–Trinajstić information content (AvgIpc) is 2.77. The first kappa shape index (κ1) is 26.6. The Morgan fingerprint density at radius 1 is 1.29 bits per heavy atom. The van der Waals surface area contributed by atoms with Gasteiger partial charge in [-0.25, -0.2) is 0 Å². The molecule has 0 aromatic heterocycles. The van der Waals surface area contributed by atoms with Crippen LogP contribution in [0.1, 0.15) is 102 Å². The highest BCUT2D eigenvalue weighted by Crippen LogP contribution is 2.56. The third-order valence-corrected chi connectivity index (χ3v) is 7.94. The third-order valence-electron chi connectivity index (χ3n) is 7.94. The van der Waals surface area contributed by atoms with Gasteiger partial charge in [0.05, 0.1) is 12.7 Å². The van der Waals surface area contributed by atoms with Crippen LogP contribution in [-0.2, 0) is 16.6 Å². The van der Waals surface area contributed by atoms with Crippen LogP contribution in [0.3, 0.4) is 0 Å². The summed E-state index contributed by atoms with van der Waals surface area (Å²) in [7, 11) is 0. The Morgan fingerprint density at radius 3 is 2.62 bits per heavy atom. The number of benzene rings is 1. The lowest BCUT2D eigenvalue weighted by molar-refractivity contribution is -0.115. The van der Waals surface area contributed by atoms with E-state index in [4.69, 9.17) is 10.5 Å². The van der Waals surface area contributed by atoms with E-state index in [0.717, 1.165) is 24.8 Å². The number of hydrogen-bond acceptors (Lipinski definition) is 5. The monoisotopic (exact) mass is 473 g/mol. The number of fused-ring (bicyclic) bond motifs is 3. The van der Waals surface area contributed by atoms with Gasteiger partial charge in [-0.3, -0.25) is 4.79 Å². The van der Waals surface area contributed by atoms with Gasteiger partial charge in [-0.15, -0.1) is 0 Å². The Labute approximate surface area is 204 Å². The largest absolute Gasteiger partial charge is 0.507 e. The van der Waals surface area contributed by atoms with Crippen LogP contribution in [0.2, 0.25) is 0 Å². The molecule has 0 radical (unpaired) electrons. The molecule has 2 unspecified atom stereocenters. The summed E-state index contributed by atoms with van der Waals surface area (Å²) >= 11 is 0. The number of phenols is 1. The number of aliphatic hydroxyl groups excluding tert-OH is 2. The topological polar surface area (TPSA) is 113 Å². The second-order valence-corrected chi connectivity index (χ2v) is 11.4. The molecule has 0 spiro atoms. The maximum Gasteiger partial charge on any atom is 0.244 e. The zero-order valence-electron chi connectivity index (χ0n) is 21.5. The van der Waals surface area contributed by atoms with Crippen molar-refractivity contribution < 1.29 is 24.9 Å². The van der Waals surface area contributed by atoms with Crippen LogP contribution >= 0.6 is 0 Å². The molecule has 1 aromatic carbocycles. The summed E-state index contributed by atoms with van der Waals surface area (Å²) in [5, 5.41) is 31.6. The lowest BCUT2D eigenvalue weighted by Crippen LogP contribution is -2.46. The van der Waals surface area contributed by atoms with Crippen LogP contribution in [0.15, 0.2) is 17.7 Å². The average molecular weight is 474 g/mol. The molecule has 1 aliphatic carbocycles. The Bertz CT molecular complexity index is 933. The molecule has 3 rings (SSSR count). The quantitative estimate of drug-likeness (QED) is 0.371. The molecule has 2 aliphatic rings. The zero-order chi connectivity index (χ0) is 25.3. The third kappa shape index (κ3) is 5.28. The van der Waals surface area contributed by atoms with E-state index in [9.17, 15) is 20.1 Å². The van der Waals surface area contributed by atoms with Crippen molar-refractivity contribution in [2.45, 2.75) is 109 Å². The lowest BCUT2D eigenvalue weighted by atomic mass is 9.65. The predicted octanol–water partition coefficient (Wildman–Crippen LogP) is 4.61. The van der Waals surface area contributed by atoms with Gasteiger partial charge in [0.25, 0.3) is 0 Å². The van der Waals surface area contributed by atoms with Crippen LogP contribution in [0.5, 0.6) is 11.5 Å². The lowest BCUT2D eigenvalue weighted by Gasteiger charge is -2.47. The van der Waals surface area contributed by atoms with E-state index in [1.807, 2.05) is 12.1 Å². The van der Waals surface area contributed by atoms with Crippen molar-refractivity contribution in [3.8, 4) is 11.5 Å². The molecule has 0 saturated heterocycles. The fourth-order valence-electron chi connectivity index (χ4n) is 5.91. The van der Waals surface area contributed by atoms with Crippen molar-refractivity contribution in [3.05, 3.63) is 34.4 Å². The smallest absolute Gasteiger partial charge is 0.244 e. The van der Waals surface area contributed by atoms with Gasteiger partial charge in [-0.05, 0) is 50.2 Å². The molecule has 190 valence electrons. The Hall–Kier alpha value is -2.05. The highest BCUT2D eigenvalue weighted by molar-refractivity contribution is 5.92. The molecule has 34 heavy (non-hydrogen) atoms. The van der Waals surface area contributed by atoms with Gasteiger partial charge in [-0.1, -0.05) is 52.5 Å². The highest BCUT2D eigenvalue weighted by atomic mass is 16.5. The first-order valence-corrected chi connectivity index (χ1v) is 12.8. The van der Waals surface area contributed by atoms with E-state index in [0.29, 0.717) is 35.3 Å². The molecule has 3 atom stereocenters. The number of primary amides is 1. The number of hydrogen-bond donors (Lipinski definition) is 4. The van der Waals surface area contributed by atoms with Gasteiger partial charge in [-0.2, -0.15) is 0 Å². The van der Waals surface area contributed by atoms with Crippen molar-refractivity contribution >= 4 is 5.91 Å². The van der Waals surface area contributed by atoms with Gasteiger partial charge >= 0.3 is 0 Å². The first-order chi connectivity index (χ1) is 15.9. The number of carbonyl (C=O) groups excluding carboxylic acids is 1. The molecule has 1 heterocycles. The maximum atomic E-state index is 12.0. The SMILES string of the molecule is CCCCCCC(C)(C)c1cc2c(c(O)c1C[C@H](O)CO)C1CC(C(N)=O)=CCC1C(C)(C)O2. The van der Waals surface area contributed by atoms with E-state index in [1.54, 1.807) is 0 Å². The van der Waals surface area contributed by atoms with Gasteiger partial charge in [0, 0.05) is 35.0 Å². The Balaban J connectivity index is 2.13. The second kappa shape index (κ2) is 10.3. The number of rotatable bonds is 10. The number of ether oxygens (including phenoxy) is 1. The molecule has 0 fully saturated rings.